The van der Waals surface area contributed by atoms with Crippen molar-refractivity contribution in [2.24, 2.45) is 0 Å². The van der Waals surface area contributed by atoms with Crippen molar-refractivity contribution >= 4 is 23.6 Å². The molecule has 1 aromatic carbocycles. The molecule has 0 spiro atoms. The topological polar surface area (TPSA) is 90.9 Å². The van der Waals surface area contributed by atoms with Gasteiger partial charge in [-0.25, -0.2) is 4.68 Å². The van der Waals surface area contributed by atoms with E-state index in [0.29, 0.717) is 17.7 Å². The molecule has 8 heteroatoms. The highest BCUT2D eigenvalue weighted by Crippen LogP contribution is 2.30. The second kappa shape index (κ2) is 5.25. The summed E-state index contributed by atoms with van der Waals surface area (Å²) < 4.78 is 1.42. The molecule has 110 valence electrons. The molecule has 21 heavy (non-hydrogen) atoms. The smallest absolute Gasteiger partial charge is 0.290 e. The van der Waals surface area contributed by atoms with E-state index in [-0.39, 0.29) is 16.4 Å². The minimum atomic E-state index is -0.569. The van der Waals surface area contributed by atoms with Gasteiger partial charge < -0.3 is 0 Å². The third kappa shape index (κ3) is 2.78. The number of nitro benzene ring substituents is 1. The Morgan fingerprint density at radius 1 is 1.38 bits per heavy atom. The van der Waals surface area contributed by atoms with E-state index in [1.54, 1.807) is 6.07 Å². The summed E-state index contributed by atoms with van der Waals surface area (Å²) >= 11 is 5.80. The van der Waals surface area contributed by atoms with Gasteiger partial charge in [-0.1, -0.05) is 37.6 Å². The number of aromatic nitrogens is 3. The second-order valence-electron chi connectivity index (χ2n) is 5.50. The Bertz CT molecular complexity index is 719. The molecule has 0 bridgehead atoms. The fourth-order valence-corrected chi connectivity index (χ4v) is 2.21. The van der Waals surface area contributed by atoms with Crippen molar-refractivity contribution in [2.45, 2.75) is 26.2 Å². The molecule has 0 N–H and O–H groups in total. The summed E-state index contributed by atoms with van der Waals surface area (Å²) in [5.74, 6) is 0. The first-order valence-electron chi connectivity index (χ1n) is 6.11. The Labute approximate surface area is 125 Å². The van der Waals surface area contributed by atoms with Gasteiger partial charge in [-0.05, 0) is 12.1 Å². The molecule has 0 fully saturated rings. The predicted octanol–water partition coefficient (Wildman–Crippen LogP) is 2.94. The maximum atomic E-state index is 11.1. The molecular weight excluding hydrogens is 296 g/mol. The van der Waals surface area contributed by atoms with E-state index in [1.165, 1.54) is 16.8 Å². The first kappa shape index (κ1) is 15.1. The highest BCUT2D eigenvalue weighted by atomic mass is 35.5. The van der Waals surface area contributed by atoms with Crippen LogP contribution in [0.25, 0.3) is 5.69 Å². The van der Waals surface area contributed by atoms with Gasteiger partial charge >= 0.3 is 0 Å². The van der Waals surface area contributed by atoms with E-state index in [4.69, 9.17) is 11.6 Å². The van der Waals surface area contributed by atoms with Gasteiger partial charge in [0.1, 0.15) is 10.7 Å². The van der Waals surface area contributed by atoms with Crippen LogP contribution in [0.5, 0.6) is 0 Å². The van der Waals surface area contributed by atoms with Crippen molar-refractivity contribution in [2.75, 3.05) is 0 Å². The van der Waals surface area contributed by atoms with Gasteiger partial charge in [0.15, 0.2) is 6.29 Å². The Kier molecular flexibility index (Phi) is 3.78. The molecule has 2 rings (SSSR count). The fraction of sp³-hybridized carbons (Fsp3) is 0.308. The summed E-state index contributed by atoms with van der Waals surface area (Å²) in [5, 5.41) is 18.7. The van der Waals surface area contributed by atoms with Crippen LogP contribution >= 0.6 is 11.6 Å². The van der Waals surface area contributed by atoms with E-state index >= 15 is 0 Å². The number of rotatable bonds is 3. The third-order valence-corrected chi connectivity index (χ3v) is 3.21. The Morgan fingerprint density at radius 3 is 2.57 bits per heavy atom. The zero-order valence-corrected chi connectivity index (χ0v) is 12.5. The molecule has 0 aliphatic rings. The number of halogens is 1. The minimum Gasteiger partial charge on any atom is -0.296 e. The van der Waals surface area contributed by atoms with Crippen molar-refractivity contribution in [3.8, 4) is 5.69 Å². The van der Waals surface area contributed by atoms with Crippen molar-refractivity contribution < 1.29 is 9.72 Å². The van der Waals surface area contributed by atoms with Crippen LogP contribution in [0.4, 0.5) is 5.69 Å². The molecule has 0 amide bonds. The van der Waals surface area contributed by atoms with Crippen molar-refractivity contribution in [3.05, 3.63) is 44.7 Å². The average Bonchev–Trinajstić information content (AvgIpc) is 2.82. The molecule has 2 aromatic rings. The van der Waals surface area contributed by atoms with E-state index in [1.807, 2.05) is 20.8 Å². The summed E-state index contributed by atoms with van der Waals surface area (Å²) in [6, 6.07) is 4.32. The summed E-state index contributed by atoms with van der Waals surface area (Å²) in [4.78, 5) is 21.5. The highest BCUT2D eigenvalue weighted by Gasteiger charge is 2.26. The van der Waals surface area contributed by atoms with E-state index in [2.05, 4.69) is 10.3 Å². The monoisotopic (exact) mass is 308 g/mol. The van der Waals surface area contributed by atoms with Crippen molar-refractivity contribution in [1.29, 1.82) is 0 Å². The average molecular weight is 309 g/mol. The number of aldehydes is 1. The predicted molar refractivity (Wildman–Crippen MR) is 77.1 cm³/mol. The lowest BCUT2D eigenvalue weighted by atomic mass is 9.90. The molecule has 0 saturated carbocycles. The fourth-order valence-electron chi connectivity index (χ4n) is 2.03. The maximum absolute atomic E-state index is 11.1. The van der Waals surface area contributed by atoms with Gasteiger partial charge in [-0.2, -0.15) is 0 Å². The third-order valence-electron chi connectivity index (χ3n) is 2.89. The SMILES string of the molecule is CC(C)(C)c1c(C=O)nnn1-c1ccc(Cl)c([N+](=O)[O-])c1. The number of carbonyl (C=O) groups is 1. The van der Waals surface area contributed by atoms with Crippen LogP contribution in [0.1, 0.15) is 37.0 Å². The van der Waals surface area contributed by atoms with E-state index in [9.17, 15) is 14.9 Å². The first-order chi connectivity index (χ1) is 9.75. The van der Waals surface area contributed by atoms with Crippen LogP contribution < -0.4 is 0 Å². The number of carbonyl (C=O) groups excluding carboxylic acids is 1. The Hall–Kier alpha value is -2.28. The van der Waals surface area contributed by atoms with Crippen LogP contribution in [-0.2, 0) is 5.41 Å². The number of nitrogens with zero attached hydrogens (tertiary/aromatic N) is 4. The number of nitro groups is 1. The largest absolute Gasteiger partial charge is 0.296 e. The van der Waals surface area contributed by atoms with Crippen LogP contribution in [0.3, 0.4) is 0 Å². The molecule has 0 radical (unpaired) electrons. The molecule has 1 heterocycles. The number of hydrogen-bond donors (Lipinski definition) is 0. The molecule has 0 saturated heterocycles. The molecule has 0 atom stereocenters. The molecule has 0 aliphatic heterocycles. The van der Waals surface area contributed by atoms with Gasteiger partial charge in [-0.3, -0.25) is 14.9 Å². The zero-order chi connectivity index (χ0) is 15.8. The number of hydrogen-bond acceptors (Lipinski definition) is 5. The Morgan fingerprint density at radius 2 is 2.05 bits per heavy atom. The van der Waals surface area contributed by atoms with Gasteiger partial charge in [0.2, 0.25) is 0 Å². The summed E-state index contributed by atoms with van der Waals surface area (Å²) in [7, 11) is 0. The van der Waals surface area contributed by atoms with Gasteiger partial charge in [0.05, 0.1) is 16.3 Å². The van der Waals surface area contributed by atoms with Gasteiger partial charge in [0.25, 0.3) is 5.69 Å². The highest BCUT2D eigenvalue weighted by molar-refractivity contribution is 6.32. The second-order valence-corrected chi connectivity index (χ2v) is 5.90. The first-order valence-corrected chi connectivity index (χ1v) is 6.49. The molecular formula is C13H13ClN4O3. The van der Waals surface area contributed by atoms with Crippen molar-refractivity contribution in [1.82, 2.24) is 15.0 Å². The lowest BCUT2D eigenvalue weighted by Gasteiger charge is -2.20. The lowest BCUT2D eigenvalue weighted by Crippen LogP contribution is -2.19. The Balaban J connectivity index is 2.68. The lowest BCUT2D eigenvalue weighted by molar-refractivity contribution is -0.384. The maximum Gasteiger partial charge on any atom is 0.290 e. The van der Waals surface area contributed by atoms with Crippen molar-refractivity contribution in [3.63, 3.8) is 0 Å². The van der Waals surface area contributed by atoms with Gasteiger partial charge in [-0.15, -0.1) is 5.10 Å². The number of benzene rings is 1. The zero-order valence-electron chi connectivity index (χ0n) is 11.7. The van der Waals surface area contributed by atoms with Crippen LogP contribution in [-0.4, -0.2) is 26.2 Å². The standard InChI is InChI=1S/C13H13ClN4O3/c1-13(2,3)12-10(7-19)15-16-17(12)8-4-5-9(14)11(6-8)18(20)21/h4-7H,1-3H3. The summed E-state index contributed by atoms with van der Waals surface area (Å²) in [5.41, 5.74) is 0.580. The van der Waals surface area contributed by atoms with Gasteiger partial charge in [0, 0.05) is 11.5 Å². The summed E-state index contributed by atoms with van der Waals surface area (Å²) in [6.45, 7) is 5.71. The molecule has 0 unspecified atom stereocenters. The van der Waals surface area contributed by atoms with Crippen LogP contribution in [0.15, 0.2) is 18.2 Å². The van der Waals surface area contributed by atoms with Crippen LogP contribution in [0, 0.1) is 10.1 Å². The molecule has 0 aliphatic carbocycles. The molecule has 1 aromatic heterocycles. The van der Waals surface area contributed by atoms with E-state index in [0.717, 1.165) is 0 Å². The van der Waals surface area contributed by atoms with Crippen LogP contribution in [0.2, 0.25) is 5.02 Å². The quantitative estimate of drug-likeness (QED) is 0.494. The molecule has 7 nitrogen and oxygen atoms in total. The normalized spacial score (nSPS) is 11.4. The minimum absolute atomic E-state index is 0.0387. The summed E-state index contributed by atoms with van der Waals surface area (Å²) in [6.07, 6.45) is 0.619. The van der Waals surface area contributed by atoms with E-state index < -0.39 is 10.3 Å².